The van der Waals surface area contributed by atoms with Gasteiger partial charge in [-0.15, -0.1) is 0 Å². The van der Waals surface area contributed by atoms with E-state index in [1.807, 2.05) is 30.3 Å². The summed E-state index contributed by atoms with van der Waals surface area (Å²) in [4.78, 5) is 4.12. The quantitative estimate of drug-likeness (QED) is 0.859. The summed E-state index contributed by atoms with van der Waals surface area (Å²) in [6.45, 7) is 1.05. The van der Waals surface area contributed by atoms with Crippen molar-refractivity contribution in [1.82, 2.24) is 10.3 Å². The number of nitrogens with one attached hydrogen (secondary N) is 1. The Hall–Kier alpha value is -1.62. The van der Waals surface area contributed by atoms with Gasteiger partial charge in [0.15, 0.2) is 0 Å². The summed E-state index contributed by atoms with van der Waals surface area (Å²) in [6, 6.07) is 11.0. The lowest BCUT2D eigenvalue weighted by atomic mass is 10.1. The Bertz CT molecular complexity index is 546. The number of pyridine rings is 1. The van der Waals surface area contributed by atoms with Gasteiger partial charge in [-0.2, -0.15) is 0 Å². The average molecular weight is 293 g/mol. The Labute approximate surface area is 123 Å². The SMILES string of the molecule is COc1ccc(CNCC(O)c2ccccc2Cl)cn1. The minimum atomic E-state index is -0.630. The van der Waals surface area contributed by atoms with Crippen LogP contribution in [0.4, 0.5) is 0 Å². The Balaban J connectivity index is 1.84. The minimum Gasteiger partial charge on any atom is -0.481 e. The zero-order valence-corrected chi connectivity index (χ0v) is 12.0. The molecule has 0 aliphatic rings. The second-order valence-corrected chi connectivity index (χ2v) is 4.78. The number of aliphatic hydroxyl groups excluding tert-OH is 1. The van der Waals surface area contributed by atoms with Gasteiger partial charge >= 0.3 is 0 Å². The van der Waals surface area contributed by atoms with Gasteiger partial charge in [0.05, 0.1) is 13.2 Å². The number of nitrogens with zero attached hydrogens (tertiary/aromatic N) is 1. The number of aromatic nitrogens is 1. The van der Waals surface area contributed by atoms with E-state index < -0.39 is 6.10 Å². The standard InChI is InChI=1S/C15H17ClN2O2/c1-20-15-7-6-11(9-18-15)8-17-10-14(19)12-4-2-3-5-13(12)16/h2-7,9,14,17,19H,8,10H2,1H3. The Morgan fingerprint density at radius 1 is 1.30 bits per heavy atom. The normalized spacial score (nSPS) is 12.2. The molecule has 1 atom stereocenters. The van der Waals surface area contributed by atoms with Crippen molar-refractivity contribution in [2.24, 2.45) is 0 Å². The third-order valence-corrected chi connectivity index (χ3v) is 3.28. The second kappa shape index (κ2) is 7.24. The first-order chi connectivity index (χ1) is 9.70. The first-order valence-corrected chi connectivity index (χ1v) is 6.70. The van der Waals surface area contributed by atoms with Crippen LogP contribution in [-0.2, 0) is 6.54 Å². The van der Waals surface area contributed by atoms with E-state index in [9.17, 15) is 5.11 Å². The van der Waals surface area contributed by atoms with Crippen LogP contribution in [0.3, 0.4) is 0 Å². The van der Waals surface area contributed by atoms with E-state index in [2.05, 4.69) is 10.3 Å². The number of hydrogen-bond acceptors (Lipinski definition) is 4. The van der Waals surface area contributed by atoms with Crippen molar-refractivity contribution in [3.05, 3.63) is 58.7 Å². The Morgan fingerprint density at radius 2 is 2.10 bits per heavy atom. The fourth-order valence-corrected chi connectivity index (χ4v) is 2.11. The molecule has 2 rings (SSSR count). The smallest absolute Gasteiger partial charge is 0.212 e. The van der Waals surface area contributed by atoms with Gasteiger partial charge in [0.1, 0.15) is 0 Å². The predicted octanol–water partition coefficient (Wildman–Crippen LogP) is 2.57. The van der Waals surface area contributed by atoms with Gasteiger partial charge in [-0.3, -0.25) is 0 Å². The van der Waals surface area contributed by atoms with Crippen molar-refractivity contribution in [2.75, 3.05) is 13.7 Å². The molecule has 2 aromatic rings. The monoisotopic (exact) mass is 292 g/mol. The molecule has 0 aliphatic heterocycles. The lowest BCUT2D eigenvalue weighted by Crippen LogP contribution is -2.21. The number of aliphatic hydroxyl groups is 1. The van der Waals surface area contributed by atoms with Crippen molar-refractivity contribution < 1.29 is 9.84 Å². The van der Waals surface area contributed by atoms with Gasteiger partial charge in [-0.25, -0.2) is 4.98 Å². The van der Waals surface area contributed by atoms with Gasteiger partial charge in [0.2, 0.25) is 5.88 Å². The van der Waals surface area contributed by atoms with E-state index in [4.69, 9.17) is 16.3 Å². The largest absolute Gasteiger partial charge is 0.481 e. The van der Waals surface area contributed by atoms with E-state index in [1.165, 1.54) is 0 Å². The second-order valence-electron chi connectivity index (χ2n) is 4.38. The van der Waals surface area contributed by atoms with E-state index in [0.29, 0.717) is 24.0 Å². The van der Waals surface area contributed by atoms with Crippen molar-refractivity contribution in [2.45, 2.75) is 12.6 Å². The molecule has 0 radical (unpaired) electrons. The number of hydrogen-bond donors (Lipinski definition) is 2. The fraction of sp³-hybridized carbons (Fsp3) is 0.267. The molecule has 1 aromatic carbocycles. The van der Waals surface area contributed by atoms with Crippen LogP contribution in [0, 0.1) is 0 Å². The predicted molar refractivity (Wildman–Crippen MR) is 78.9 cm³/mol. The number of benzene rings is 1. The maximum Gasteiger partial charge on any atom is 0.212 e. The molecule has 0 saturated heterocycles. The number of ether oxygens (including phenoxy) is 1. The Kier molecular flexibility index (Phi) is 5.35. The van der Waals surface area contributed by atoms with Crippen LogP contribution in [0.2, 0.25) is 5.02 Å². The molecular weight excluding hydrogens is 276 g/mol. The molecule has 1 heterocycles. The van der Waals surface area contributed by atoms with Gasteiger partial charge in [-0.1, -0.05) is 35.9 Å². The summed E-state index contributed by atoms with van der Waals surface area (Å²) in [5.41, 5.74) is 1.76. The van der Waals surface area contributed by atoms with Crippen LogP contribution in [-0.4, -0.2) is 23.7 Å². The van der Waals surface area contributed by atoms with Gasteiger partial charge in [0.25, 0.3) is 0 Å². The molecule has 0 aliphatic carbocycles. The lowest BCUT2D eigenvalue weighted by Gasteiger charge is -2.13. The van der Waals surface area contributed by atoms with Crippen molar-refractivity contribution in [3.8, 4) is 5.88 Å². The van der Waals surface area contributed by atoms with Crippen LogP contribution in [0.25, 0.3) is 0 Å². The first-order valence-electron chi connectivity index (χ1n) is 6.33. The summed E-state index contributed by atoms with van der Waals surface area (Å²) in [5, 5.41) is 13.8. The van der Waals surface area contributed by atoms with Gasteiger partial charge in [-0.05, 0) is 11.6 Å². The van der Waals surface area contributed by atoms with Crippen molar-refractivity contribution in [1.29, 1.82) is 0 Å². The molecule has 0 amide bonds. The van der Waals surface area contributed by atoms with Gasteiger partial charge in [0, 0.05) is 35.9 Å². The van der Waals surface area contributed by atoms with Crippen LogP contribution < -0.4 is 10.1 Å². The minimum absolute atomic E-state index is 0.426. The molecular formula is C15H17ClN2O2. The third-order valence-electron chi connectivity index (χ3n) is 2.94. The maximum absolute atomic E-state index is 10.1. The molecule has 2 N–H and O–H groups in total. The summed E-state index contributed by atoms with van der Waals surface area (Å²) in [7, 11) is 1.58. The summed E-state index contributed by atoms with van der Waals surface area (Å²) in [5.74, 6) is 0.588. The Morgan fingerprint density at radius 3 is 2.75 bits per heavy atom. The van der Waals surface area contributed by atoms with Crippen LogP contribution in [0.5, 0.6) is 5.88 Å². The van der Waals surface area contributed by atoms with Crippen molar-refractivity contribution in [3.63, 3.8) is 0 Å². The topological polar surface area (TPSA) is 54.4 Å². The highest BCUT2D eigenvalue weighted by Gasteiger charge is 2.10. The molecule has 0 spiro atoms. The molecule has 1 unspecified atom stereocenters. The summed E-state index contributed by atoms with van der Waals surface area (Å²) < 4.78 is 5.00. The number of rotatable bonds is 6. The molecule has 5 heteroatoms. The molecule has 0 fully saturated rings. The molecule has 0 bridgehead atoms. The van der Waals surface area contributed by atoms with Crippen molar-refractivity contribution >= 4 is 11.6 Å². The zero-order valence-electron chi connectivity index (χ0n) is 11.2. The molecule has 106 valence electrons. The maximum atomic E-state index is 10.1. The average Bonchev–Trinajstić information content (AvgIpc) is 2.48. The highest BCUT2D eigenvalue weighted by atomic mass is 35.5. The van der Waals surface area contributed by atoms with Crippen LogP contribution in [0.15, 0.2) is 42.6 Å². The molecule has 1 aromatic heterocycles. The highest BCUT2D eigenvalue weighted by molar-refractivity contribution is 6.31. The molecule has 0 saturated carbocycles. The highest BCUT2D eigenvalue weighted by Crippen LogP contribution is 2.21. The van der Waals surface area contributed by atoms with E-state index in [-0.39, 0.29) is 0 Å². The molecule has 20 heavy (non-hydrogen) atoms. The number of halogens is 1. The van der Waals surface area contributed by atoms with E-state index in [0.717, 1.165) is 11.1 Å². The molecule has 4 nitrogen and oxygen atoms in total. The fourth-order valence-electron chi connectivity index (χ4n) is 1.84. The third kappa shape index (κ3) is 3.93. The van der Waals surface area contributed by atoms with Gasteiger partial charge < -0.3 is 15.2 Å². The summed E-state index contributed by atoms with van der Waals surface area (Å²) >= 11 is 6.04. The van der Waals surface area contributed by atoms with Crippen LogP contribution in [0.1, 0.15) is 17.2 Å². The lowest BCUT2D eigenvalue weighted by molar-refractivity contribution is 0.174. The first kappa shape index (κ1) is 14.8. The summed E-state index contributed by atoms with van der Waals surface area (Å²) in [6.07, 6.45) is 1.11. The zero-order chi connectivity index (χ0) is 14.4. The van der Waals surface area contributed by atoms with E-state index >= 15 is 0 Å². The number of methoxy groups -OCH3 is 1. The van der Waals surface area contributed by atoms with E-state index in [1.54, 1.807) is 19.4 Å². The van der Waals surface area contributed by atoms with Crippen LogP contribution >= 0.6 is 11.6 Å².